The predicted molar refractivity (Wildman–Crippen MR) is 79.8 cm³/mol. The van der Waals surface area contributed by atoms with Gasteiger partial charge in [-0.15, -0.1) is 0 Å². The SMILES string of the molecule is COC(=O)C(N)Cc1ccc(N2CCOCC2)c([N+](=O)[O-])c1. The van der Waals surface area contributed by atoms with Crippen LogP contribution >= 0.6 is 0 Å². The second-order valence-electron chi connectivity index (χ2n) is 5.01. The average Bonchev–Trinajstić information content (AvgIpc) is 2.54. The normalized spacial score (nSPS) is 16.2. The van der Waals surface area contributed by atoms with Gasteiger partial charge in [0.15, 0.2) is 0 Å². The molecule has 0 radical (unpaired) electrons. The molecule has 2 rings (SSSR count). The van der Waals surface area contributed by atoms with Crippen LogP contribution in [0.3, 0.4) is 0 Å². The van der Waals surface area contributed by atoms with Crippen molar-refractivity contribution in [2.24, 2.45) is 5.73 Å². The van der Waals surface area contributed by atoms with Crippen molar-refractivity contribution in [1.29, 1.82) is 0 Å². The fourth-order valence-corrected chi connectivity index (χ4v) is 2.40. The highest BCUT2D eigenvalue weighted by molar-refractivity contribution is 5.76. The van der Waals surface area contributed by atoms with Crippen LogP contribution in [0.5, 0.6) is 0 Å². The van der Waals surface area contributed by atoms with Gasteiger partial charge >= 0.3 is 5.97 Å². The minimum absolute atomic E-state index is 0.0106. The summed E-state index contributed by atoms with van der Waals surface area (Å²) in [4.78, 5) is 24.2. The van der Waals surface area contributed by atoms with Crippen LogP contribution in [-0.2, 0) is 20.7 Å². The number of methoxy groups -OCH3 is 1. The zero-order valence-corrected chi connectivity index (χ0v) is 12.4. The van der Waals surface area contributed by atoms with Crippen LogP contribution in [0.15, 0.2) is 18.2 Å². The largest absolute Gasteiger partial charge is 0.468 e. The molecule has 1 fully saturated rings. The van der Waals surface area contributed by atoms with Gasteiger partial charge in [0.25, 0.3) is 5.69 Å². The van der Waals surface area contributed by atoms with Gasteiger partial charge in [0, 0.05) is 19.2 Å². The zero-order chi connectivity index (χ0) is 16.1. The molecule has 0 aromatic heterocycles. The summed E-state index contributed by atoms with van der Waals surface area (Å²) in [5, 5.41) is 11.3. The summed E-state index contributed by atoms with van der Waals surface area (Å²) in [5.41, 5.74) is 6.89. The van der Waals surface area contributed by atoms with Crippen molar-refractivity contribution >= 4 is 17.3 Å². The lowest BCUT2D eigenvalue weighted by Gasteiger charge is -2.28. The molecule has 8 heteroatoms. The smallest absolute Gasteiger partial charge is 0.322 e. The third kappa shape index (κ3) is 3.71. The number of carbonyl (C=O) groups excluding carboxylic acids is 1. The molecule has 0 saturated carbocycles. The first-order valence-electron chi connectivity index (χ1n) is 6.96. The minimum Gasteiger partial charge on any atom is -0.468 e. The lowest BCUT2D eigenvalue weighted by molar-refractivity contribution is -0.384. The Bertz CT molecular complexity index is 557. The molecule has 0 bridgehead atoms. The molecule has 22 heavy (non-hydrogen) atoms. The average molecular weight is 309 g/mol. The molecule has 0 aliphatic carbocycles. The number of nitro groups is 1. The maximum atomic E-state index is 11.3. The lowest BCUT2D eigenvalue weighted by atomic mass is 10.0. The second-order valence-corrected chi connectivity index (χ2v) is 5.01. The van der Waals surface area contributed by atoms with E-state index < -0.39 is 16.9 Å². The summed E-state index contributed by atoms with van der Waals surface area (Å²) in [6, 6.07) is 4.08. The number of benzene rings is 1. The van der Waals surface area contributed by atoms with E-state index in [4.69, 9.17) is 10.5 Å². The van der Waals surface area contributed by atoms with Crippen molar-refractivity contribution < 1.29 is 19.2 Å². The molecular formula is C14H19N3O5. The molecule has 1 unspecified atom stereocenters. The number of nitro benzene ring substituents is 1. The van der Waals surface area contributed by atoms with Crippen LogP contribution in [0.2, 0.25) is 0 Å². The quantitative estimate of drug-likeness (QED) is 0.478. The molecule has 1 saturated heterocycles. The number of hydrogen-bond acceptors (Lipinski definition) is 7. The molecule has 1 aromatic rings. The van der Waals surface area contributed by atoms with Crippen molar-refractivity contribution in [2.75, 3.05) is 38.3 Å². The first kappa shape index (κ1) is 16.2. The summed E-state index contributed by atoms with van der Waals surface area (Å²) in [7, 11) is 1.26. The molecule has 1 aromatic carbocycles. The number of nitrogens with two attached hydrogens (primary N) is 1. The molecule has 1 aliphatic heterocycles. The van der Waals surface area contributed by atoms with Gasteiger partial charge in [-0.3, -0.25) is 14.9 Å². The van der Waals surface area contributed by atoms with Crippen molar-refractivity contribution in [3.8, 4) is 0 Å². The van der Waals surface area contributed by atoms with Crippen LogP contribution in [0.4, 0.5) is 11.4 Å². The standard InChI is InChI=1S/C14H19N3O5/c1-21-14(18)11(15)8-10-2-3-12(13(9-10)17(19)20)16-4-6-22-7-5-16/h2-3,9,11H,4-8,15H2,1H3. The monoisotopic (exact) mass is 309 g/mol. The summed E-state index contributed by atoms with van der Waals surface area (Å²) in [6.07, 6.45) is 0.191. The van der Waals surface area contributed by atoms with E-state index in [1.807, 2.05) is 4.90 Å². The van der Waals surface area contributed by atoms with Gasteiger partial charge < -0.3 is 20.1 Å². The predicted octanol–water partition coefficient (Wildman–Crippen LogP) is 0.474. The van der Waals surface area contributed by atoms with E-state index in [1.54, 1.807) is 12.1 Å². The fraction of sp³-hybridized carbons (Fsp3) is 0.500. The van der Waals surface area contributed by atoms with Gasteiger partial charge in [-0.25, -0.2) is 0 Å². The number of esters is 1. The maximum Gasteiger partial charge on any atom is 0.322 e. The zero-order valence-electron chi connectivity index (χ0n) is 12.4. The van der Waals surface area contributed by atoms with E-state index >= 15 is 0 Å². The number of carbonyl (C=O) groups is 1. The number of hydrogen-bond donors (Lipinski definition) is 1. The van der Waals surface area contributed by atoms with Crippen LogP contribution in [0, 0.1) is 10.1 Å². The van der Waals surface area contributed by atoms with Crippen LogP contribution < -0.4 is 10.6 Å². The summed E-state index contributed by atoms with van der Waals surface area (Å²) in [5.74, 6) is -0.542. The van der Waals surface area contributed by atoms with Gasteiger partial charge in [0.2, 0.25) is 0 Å². The van der Waals surface area contributed by atoms with E-state index in [1.165, 1.54) is 13.2 Å². The van der Waals surface area contributed by atoms with Crippen LogP contribution in [0.1, 0.15) is 5.56 Å². The van der Waals surface area contributed by atoms with Crippen molar-refractivity contribution in [2.45, 2.75) is 12.5 Å². The Kier molecular flexibility index (Phi) is 5.29. The van der Waals surface area contributed by atoms with E-state index in [9.17, 15) is 14.9 Å². The van der Waals surface area contributed by atoms with Gasteiger partial charge in [-0.1, -0.05) is 6.07 Å². The van der Waals surface area contributed by atoms with E-state index in [0.29, 0.717) is 37.6 Å². The van der Waals surface area contributed by atoms with Crippen molar-refractivity contribution in [3.63, 3.8) is 0 Å². The molecule has 8 nitrogen and oxygen atoms in total. The molecule has 0 amide bonds. The Morgan fingerprint density at radius 3 is 2.77 bits per heavy atom. The van der Waals surface area contributed by atoms with Crippen LogP contribution in [0.25, 0.3) is 0 Å². The van der Waals surface area contributed by atoms with Crippen molar-refractivity contribution in [3.05, 3.63) is 33.9 Å². The topological polar surface area (TPSA) is 108 Å². The van der Waals surface area contributed by atoms with Crippen LogP contribution in [-0.4, -0.2) is 50.3 Å². The Balaban J connectivity index is 2.23. The highest BCUT2D eigenvalue weighted by atomic mass is 16.6. The summed E-state index contributed by atoms with van der Waals surface area (Å²) in [6.45, 7) is 2.32. The molecular weight excluding hydrogens is 290 g/mol. The van der Waals surface area contributed by atoms with Gasteiger partial charge in [-0.2, -0.15) is 0 Å². The van der Waals surface area contributed by atoms with E-state index in [2.05, 4.69) is 4.74 Å². The van der Waals surface area contributed by atoms with Gasteiger partial charge in [-0.05, 0) is 18.1 Å². The minimum atomic E-state index is -0.834. The molecule has 0 spiro atoms. The highest BCUT2D eigenvalue weighted by Gasteiger charge is 2.23. The molecule has 1 heterocycles. The molecule has 2 N–H and O–H groups in total. The molecule has 120 valence electrons. The van der Waals surface area contributed by atoms with Crippen molar-refractivity contribution in [1.82, 2.24) is 0 Å². The summed E-state index contributed by atoms with van der Waals surface area (Å²) < 4.78 is 9.82. The third-order valence-electron chi connectivity index (χ3n) is 3.55. The van der Waals surface area contributed by atoms with Gasteiger partial charge in [0.05, 0.1) is 25.2 Å². The fourth-order valence-electron chi connectivity index (χ4n) is 2.40. The first-order chi connectivity index (χ1) is 10.5. The summed E-state index contributed by atoms with van der Waals surface area (Å²) >= 11 is 0. The Hall–Kier alpha value is -2.19. The maximum absolute atomic E-state index is 11.3. The lowest BCUT2D eigenvalue weighted by Crippen LogP contribution is -2.36. The molecule has 1 aliphatic rings. The highest BCUT2D eigenvalue weighted by Crippen LogP contribution is 2.30. The number of rotatable bonds is 5. The number of anilines is 1. The number of nitrogens with zero attached hydrogens (tertiary/aromatic N) is 2. The third-order valence-corrected chi connectivity index (χ3v) is 3.55. The Morgan fingerprint density at radius 2 is 2.18 bits per heavy atom. The molecule has 1 atom stereocenters. The number of morpholine rings is 1. The first-order valence-corrected chi connectivity index (χ1v) is 6.96. The number of ether oxygens (including phenoxy) is 2. The Labute approximate surface area is 127 Å². The van der Waals surface area contributed by atoms with Gasteiger partial charge in [0.1, 0.15) is 11.7 Å². The van der Waals surface area contributed by atoms with E-state index in [-0.39, 0.29) is 12.1 Å². The Morgan fingerprint density at radius 1 is 1.50 bits per heavy atom. The second kappa shape index (κ2) is 7.19. The van der Waals surface area contributed by atoms with E-state index in [0.717, 1.165) is 0 Å².